The highest BCUT2D eigenvalue weighted by atomic mass is 32.2. The van der Waals surface area contributed by atoms with Crippen LogP contribution in [0.5, 0.6) is 0 Å². The molecule has 76 heavy (non-hydrogen) atoms. The topological polar surface area (TPSA) is 234 Å². The molecule has 0 aliphatic carbocycles. The largest absolute Gasteiger partial charge is 0.385 e. The van der Waals surface area contributed by atoms with Crippen LogP contribution in [-0.2, 0) is 74.8 Å². The zero-order valence-electron chi connectivity index (χ0n) is 55.7. The van der Waals surface area contributed by atoms with Gasteiger partial charge in [-0.3, -0.25) is 22.2 Å². The van der Waals surface area contributed by atoms with Gasteiger partial charge in [-0.1, -0.05) is 34.6 Å². The van der Waals surface area contributed by atoms with Crippen LogP contribution in [0.4, 0.5) is 4.79 Å². The third kappa shape index (κ3) is 179. The van der Waals surface area contributed by atoms with Crippen molar-refractivity contribution < 1.29 is 57.6 Å². The van der Waals surface area contributed by atoms with E-state index in [2.05, 4.69) is 71.5 Å². The van der Waals surface area contributed by atoms with Crippen molar-refractivity contribution in [2.75, 3.05) is 239 Å². The smallest absolute Gasteiger partial charge is 0.318 e. The monoisotopic (exact) mass is 1210 g/mol. The van der Waals surface area contributed by atoms with Crippen molar-refractivity contribution in [2.24, 2.45) is 0 Å². The van der Waals surface area contributed by atoms with E-state index in [1.54, 1.807) is 118 Å². The molecule has 0 aromatic rings. The summed E-state index contributed by atoms with van der Waals surface area (Å²) in [6, 6.07) is 0.0185. The molecule has 476 valence electrons. The second kappa shape index (κ2) is 71.0. The molecule has 0 fully saturated rings. The van der Waals surface area contributed by atoms with E-state index in [4.69, 9.17) is 0 Å². The minimum Gasteiger partial charge on any atom is -0.385 e. The quantitative estimate of drug-likeness (QED) is 0.164. The lowest BCUT2D eigenvalue weighted by Crippen LogP contribution is -2.33. The van der Waals surface area contributed by atoms with Crippen molar-refractivity contribution in [3.8, 4) is 0 Å². The minimum absolute atomic E-state index is 0.0185. The highest BCUT2D eigenvalue weighted by Gasteiger charge is 2.03. The molecule has 0 aromatic heterocycles. The van der Waals surface area contributed by atoms with Crippen LogP contribution in [-0.4, -0.2) is 345 Å². The Hall–Kier alpha value is -1.97. The molecule has 0 radical (unpaired) electrons. The molecule has 0 saturated heterocycles. The lowest BCUT2D eigenvalue weighted by atomic mass is 10.4. The highest BCUT2D eigenvalue weighted by molar-refractivity contribution is 7.99. The lowest BCUT2D eigenvalue weighted by Gasteiger charge is -2.17. The first-order valence-corrected chi connectivity index (χ1v) is 32.8. The van der Waals surface area contributed by atoms with Gasteiger partial charge in [0.05, 0.1) is 37.7 Å². The lowest BCUT2D eigenvalue weighted by molar-refractivity contribution is -0.128. The van der Waals surface area contributed by atoms with Crippen LogP contribution in [0.15, 0.2) is 0 Å². The molecule has 0 saturated carbocycles. The number of hydrazine groups is 1. The average Bonchev–Trinajstić information content (AvgIpc) is 3.29. The van der Waals surface area contributed by atoms with Crippen LogP contribution in [0.25, 0.3) is 0 Å². The maximum atomic E-state index is 10.7. The van der Waals surface area contributed by atoms with Crippen LogP contribution in [0.2, 0.25) is 0 Å². The van der Waals surface area contributed by atoms with Gasteiger partial charge in [0.2, 0.25) is 21.8 Å². The Morgan fingerprint density at radius 2 is 0.737 bits per heavy atom. The number of methoxy groups -OCH3 is 1. The first kappa shape index (κ1) is 106. The summed E-state index contributed by atoms with van der Waals surface area (Å²) in [5.74, 6) is 5.16. The number of ether oxygens (including phenoxy) is 1. The van der Waals surface area contributed by atoms with Gasteiger partial charge in [-0.2, -0.15) is 13.5 Å². The van der Waals surface area contributed by atoms with Gasteiger partial charge in [0.1, 0.15) is 0 Å². The van der Waals surface area contributed by atoms with Crippen molar-refractivity contribution in [1.82, 2.24) is 53.1 Å². The molecule has 4 amide bonds. The number of carbonyl (C=O) groups is 3. The van der Waals surface area contributed by atoms with Crippen LogP contribution in [0, 0.1) is 0 Å². The van der Waals surface area contributed by atoms with Crippen molar-refractivity contribution >= 4 is 75.2 Å². The molecular formula is C47H125N11O13S5. The Kier molecular flexibility index (Phi) is 99.1. The van der Waals surface area contributed by atoms with E-state index in [0.717, 1.165) is 49.4 Å². The minimum atomic E-state index is -3.16. The SMILES string of the molecule is C=S(C)(=O)CC.CC(=O)N(C)C.CCC(=O)N(C)C.CCN(C)C.CCN(C)C.CCOC.CCS(C)=O.CN(C)C(=O)N(C)C.CN(C)N(C)C.CN(C)S(C)(=O)=O.CN(C)S(C)=O.CON(C)C.COS(C)(=O)=O. The number of hydroxylamine groups is 2. The fourth-order valence-electron chi connectivity index (χ4n) is 0.716. The Bertz CT molecular complexity index is 1520. The van der Waals surface area contributed by atoms with Gasteiger partial charge >= 0.3 is 6.03 Å². The maximum Gasteiger partial charge on any atom is 0.318 e. The molecule has 0 spiro atoms. The van der Waals surface area contributed by atoms with Crippen molar-refractivity contribution in [3.63, 3.8) is 0 Å². The first-order chi connectivity index (χ1) is 33.7. The summed E-state index contributed by atoms with van der Waals surface area (Å²) in [5, 5.41) is 5.62. The summed E-state index contributed by atoms with van der Waals surface area (Å²) in [7, 11) is 35.6. The summed E-state index contributed by atoms with van der Waals surface area (Å²) in [4.78, 5) is 46.2. The number of sulfonamides is 1. The molecule has 0 aliphatic heterocycles. The molecule has 3 atom stereocenters. The van der Waals surface area contributed by atoms with E-state index in [-0.39, 0.29) is 17.8 Å². The number of hydrogen-bond acceptors (Lipinski definition) is 18. The number of urea groups is 1. The molecule has 0 aliphatic rings. The summed E-state index contributed by atoms with van der Waals surface area (Å²) >= 11 is 0. The zero-order valence-corrected chi connectivity index (χ0v) is 59.8. The van der Waals surface area contributed by atoms with E-state index in [1.807, 2.05) is 80.0 Å². The zero-order chi connectivity index (χ0) is 65.1. The molecule has 24 nitrogen and oxygen atoms in total. The van der Waals surface area contributed by atoms with Gasteiger partial charge < -0.3 is 39.0 Å². The van der Waals surface area contributed by atoms with Gasteiger partial charge in [-0.25, -0.2) is 36.0 Å². The van der Waals surface area contributed by atoms with E-state index in [0.29, 0.717) is 12.2 Å². The van der Waals surface area contributed by atoms with Crippen molar-refractivity contribution in [1.29, 1.82) is 0 Å². The number of amides is 4. The summed E-state index contributed by atoms with van der Waals surface area (Å²) in [6.45, 7) is 16.5. The van der Waals surface area contributed by atoms with Gasteiger partial charge in [-0.05, 0) is 77.7 Å². The van der Waals surface area contributed by atoms with Crippen LogP contribution in [0.3, 0.4) is 0 Å². The van der Waals surface area contributed by atoms with Crippen molar-refractivity contribution in [3.05, 3.63) is 0 Å². The maximum absolute atomic E-state index is 10.7. The third-order valence-electron chi connectivity index (χ3n) is 7.41. The number of rotatable bonds is 11. The van der Waals surface area contributed by atoms with E-state index in [9.17, 15) is 43.8 Å². The fourth-order valence-corrected chi connectivity index (χ4v) is 0.716. The third-order valence-corrected chi connectivity index (χ3v) is 12.4. The molecule has 29 heteroatoms. The van der Waals surface area contributed by atoms with Gasteiger partial charge in [0.15, 0.2) is 0 Å². The molecule has 0 N–H and O–H groups in total. The van der Waals surface area contributed by atoms with Gasteiger partial charge in [-0.15, -0.1) is 0 Å². The summed E-state index contributed by atoms with van der Waals surface area (Å²) in [5.41, 5.74) is 0. The van der Waals surface area contributed by atoms with Crippen LogP contribution in [0.1, 0.15) is 54.9 Å². The summed E-state index contributed by atoms with van der Waals surface area (Å²) in [6.07, 6.45) is 7.75. The standard InChI is InChI=1S/C5H12N2O.C5H11NO.C4H12N2.C4H9NO.2C4H11N.C4H10OS.C3H9NO2S.C3H9NOS.C3H9NO.C3H8OS.C3H8O.C2H6O3S/c1-6(2)5(8)7(3)4;1-4-5(7)6(2)3;1-5(2)6(3)4;1-4(6)5(2)3;2*1-4-5(2)3;1-4-6(2,3)5;1-4(2)7(3,5)6;1-4(2)6(3)5;1-4(2)5-3;1-3-5(2)4;1-3-4-2;1-5-6(2,3)4/h1-4H3;4H2,1-3H3;1-4H3;1-3H3;2*4H2,1-3H3;2,4H2,1,3H3;1-3H3;1-3H3;1-3H3;3H2,1-2H3;3H2,1-2H3;1-2H3. The molecule has 0 aromatic carbocycles. The van der Waals surface area contributed by atoms with E-state index in [1.165, 1.54) is 35.7 Å². The molecule has 0 bridgehead atoms. The van der Waals surface area contributed by atoms with Crippen molar-refractivity contribution in [2.45, 2.75) is 54.9 Å². The molecule has 0 heterocycles. The predicted octanol–water partition coefficient (Wildman–Crippen LogP) is 2.41. The number of nitrogens with zero attached hydrogens (tertiary/aromatic N) is 11. The Morgan fingerprint density at radius 1 is 0.539 bits per heavy atom. The first-order valence-electron chi connectivity index (χ1n) is 23.6. The second-order valence-electron chi connectivity index (χ2n) is 17.2. The predicted molar refractivity (Wildman–Crippen MR) is 335 cm³/mol. The number of hydrogen-bond donors (Lipinski definition) is 0. The Balaban J connectivity index is -0.0000000516. The Labute approximate surface area is 477 Å². The second-order valence-corrected chi connectivity index (χ2v) is 27.4. The van der Waals surface area contributed by atoms with Crippen LogP contribution >= 0.6 is 0 Å². The Morgan fingerprint density at radius 3 is 0.737 bits per heavy atom. The highest BCUT2D eigenvalue weighted by Crippen LogP contribution is 1.84. The molecule has 3 unspecified atom stereocenters. The normalized spacial score (nSPS) is 11.3. The summed E-state index contributed by atoms with van der Waals surface area (Å²) < 4.78 is 81.9. The fraction of sp³-hybridized carbons (Fsp3) is 0.915. The average molecular weight is 1210 g/mol. The number of carbonyl (C=O) groups excluding carboxylic acids is 3. The molecular weight excluding hydrogens is 1090 g/mol. The van der Waals surface area contributed by atoms with Crippen LogP contribution < -0.4 is 0 Å². The van der Waals surface area contributed by atoms with E-state index >= 15 is 0 Å². The van der Waals surface area contributed by atoms with E-state index < -0.39 is 51.4 Å². The van der Waals surface area contributed by atoms with Gasteiger partial charge in [0.25, 0.3) is 10.1 Å². The molecule has 0 rings (SSSR count). The van der Waals surface area contributed by atoms with Gasteiger partial charge in [0, 0.05) is 181 Å².